The lowest BCUT2D eigenvalue weighted by Gasteiger charge is -2.42. The Morgan fingerprint density at radius 1 is 0.295 bits per heavy atom. The Hall–Kier alpha value is -9.75. The van der Waals surface area contributed by atoms with Gasteiger partial charge in [0.25, 0.3) is 6.71 Å². The van der Waals surface area contributed by atoms with Crippen LogP contribution < -0.4 is 25.9 Å². The SMILES string of the molecule is c1ccc(-c2cc(-c3ccc(S(c4ccccc4)(c4ccccc4)c4ccccc4)cc3)c3c4c2Oc2ccc(-n5c6ccccc6c6ccccc65)cc2B4c2cc(-n4c5ccccc5c5ccccc54)ccc2O3)cc1. The van der Waals surface area contributed by atoms with Crippen molar-refractivity contribution in [2.24, 2.45) is 0 Å². The molecule has 4 heterocycles. The van der Waals surface area contributed by atoms with Crippen LogP contribution in [0.3, 0.4) is 0 Å². The van der Waals surface area contributed by atoms with Crippen LogP contribution in [0, 0.1) is 0 Å². The molecule has 0 aliphatic carbocycles. The van der Waals surface area contributed by atoms with Gasteiger partial charge in [-0.3, -0.25) is 0 Å². The van der Waals surface area contributed by atoms with Gasteiger partial charge in [0.1, 0.15) is 23.0 Å². The largest absolute Gasteiger partial charge is 0.458 e. The molecule has 12 aromatic carbocycles. The molecule has 0 unspecified atom stereocenters. The first-order valence-corrected chi connectivity index (χ1v) is 28.3. The molecule has 0 spiro atoms. The van der Waals surface area contributed by atoms with Gasteiger partial charge in [-0.05, 0) is 137 Å². The molecule has 0 saturated heterocycles. The molecule has 0 N–H and O–H groups in total. The monoisotopic (exact) mass is 1010 g/mol. The molecule has 0 saturated carbocycles. The maximum atomic E-state index is 7.50. The van der Waals surface area contributed by atoms with Crippen LogP contribution >= 0.6 is 10.0 Å². The number of fused-ring (bicyclic) bond motifs is 10. The van der Waals surface area contributed by atoms with Crippen molar-refractivity contribution in [1.82, 2.24) is 9.13 Å². The number of hydrogen-bond acceptors (Lipinski definition) is 2. The molecule has 2 aliphatic heterocycles. The van der Waals surface area contributed by atoms with Crippen LogP contribution in [0.4, 0.5) is 0 Å². The molecule has 0 atom stereocenters. The second-order valence-corrected chi connectivity index (χ2v) is 23.4. The average molecular weight is 1020 g/mol. The lowest BCUT2D eigenvalue weighted by Crippen LogP contribution is -2.57. The summed E-state index contributed by atoms with van der Waals surface area (Å²) < 4.78 is 19.7. The van der Waals surface area contributed by atoms with E-state index in [1.54, 1.807) is 0 Å². The normalized spacial score (nSPS) is 12.7. The zero-order valence-electron chi connectivity index (χ0n) is 42.3. The van der Waals surface area contributed by atoms with E-state index < -0.39 is 10.0 Å². The van der Waals surface area contributed by atoms with Gasteiger partial charge in [0.05, 0.1) is 22.1 Å². The summed E-state index contributed by atoms with van der Waals surface area (Å²) in [6.45, 7) is -0.267. The van der Waals surface area contributed by atoms with Crippen molar-refractivity contribution in [2.75, 3.05) is 0 Å². The molecule has 14 aromatic rings. The predicted molar refractivity (Wildman–Crippen MR) is 324 cm³/mol. The fraction of sp³-hybridized carbons (Fsp3) is 0. The first kappa shape index (κ1) is 44.5. The third-order valence-corrected chi connectivity index (χ3v) is 20.1. The Balaban J connectivity index is 0.952. The van der Waals surface area contributed by atoms with Gasteiger partial charge in [0, 0.05) is 69.1 Å². The lowest BCUT2D eigenvalue weighted by atomic mass is 9.34. The smallest absolute Gasteiger partial charge is 0.260 e. The lowest BCUT2D eigenvalue weighted by molar-refractivity contribution is 0.466. The number of ether oxygens (including phenoxy) is 2. The molecule has 0 amide bonds. The van der Waals surface area contributed by atoms with Crippen molar-refractivity contribution in [3.8, 4) is 56.6 Å². The Kier molecular flexibility index (Phi) is 10.1. The van der Waals surface area contributed by atoms with E-state index in [-0.39, 0.29) is 6.71 Å². The third-order valence-electron chi connectivity index (χ3n) is 16.2. The minimum absolute atomic E-state index is 0.267. The summed E-state index contributed by atoms with van der Waals surface area (Å²) >= 11 is 0. The predicted octanol–water partition coefficient (Wildman–Crippen LogP) is 17.3. The van der Waals surface area contributed by atoms with E-state index in [0.29, 0.717) is 0 Å². The van der Waals surface area contributed by atoms with E-state index in [2.05, 4.69) is 294 Å². The van der Waals surface area contributed by atoms with Crippen molar-refractivity contribution in [2.45, 2.75) is 19.6 Å². The van der Waals surface area contributed by atoms with Gasteiger partial charge < -0.3 is 18.6 Å². The molecular weight excluding hydrogens is 968 g/mol. The van der Waals surface area contributed by atoms with Gasteiger partial charge in [-0.2, -0.15) is 0 Å². The topological polar surface area (TPSA) is 28.3 Å². The fourth-order valence-electron chi connectivity index (χ4n) is 12.8. The van der Waals surface area contributed by atoms with E-state index in [9.17, 15) is 0 Å². The number of nitrogens with zero attached hydrogens (tertiary/aromatic N) is 2. The summed E-state index contributed by atoms with van der Waals surface area (Å²) in [5.41, 5.74) is 14.1. The summed E-state index contributed by atoms with van der Waals surface area (Å²) in [5.74, 6) is 3.27. The molecule has 366 valence electrons. The molecule has 0 bridgehead atoms. The van der Waals surface area contributed by atoms with Crippen LogP contribution in [0.15, 0.2) is 305 Å². The highest BCUT2D eigenvalue weighted by Gasteiger charge is 2.44. The van der Waals surface area contributed by atoms with Crippen molar-refractivity contribution in [3.63, 3.8) is 0 Å². The zero-order valence-corrected chi connectivity index (χ0v) is 43.1. The van der Waals surface area contributed by atoms with E-state index in [4.69, 9.17) is 9.47 Å². The molecule has 0 fully saturated rings. The van der Waals surface area contributed by atoms with Gasteiger partial charge in [-0.1, -0.05) is 170 Å². The second-order valence-electron chi connectivity index (χ2n) is 20.3. The van der Waals surface area contributed by atoms with E-state index in [0.717, 1.165) is 95.1 Å². The van der Waals surface area contributed by atoms with Crippen LogP contribution in [0.25, 0.3) is 77.2 Å². The summed E-state index contributed by atoms with van der Waals surface area (Å²) in [6, 6.07) is 104. The first-order chi connectivity index (χ1) is 38.7. The van der Waals surface area contributed by atoms with Gasteiger partial charge in [-0.25, -0.2) is 0 Å². The number of hydrogen-bond donors (Lipinski definition) is 0. The van der Waals surface area contributed by atoms with Crippen LogP contribution in [-0.2, 0) is 0 Å². The van der Waals surface area contributed by atoms with Crippen molar-refractivity contribution in [3.05, 3.63) is 285 Å². The van der Waals surface area contributed by atoms with Gasteiger partial charge in [-0.15, -0.1) is 10.0 Å². The molecule has 6 heteroatoms. The number of aromatic nitrogens is 2. The van der Waals surface area contributed by atoms with Gasteiger partial charge in [0.15, 0.2) is 0 Å². The molecule has 78 heavy (non-hydrogen) atoms. The fourth-order valence-corrected chi connectivity index (χ4v) is 16.7. The quantitative estimate of drug-likeness (QED) is 0.142. The molecule has 2 aliphatic rings. The number of para-hydroxylation sites is 4. The summed E-state index contributed by atoms with van der Waals surface area (Å²) in [4.78, 5) is 5.10. The van der Waals surface area contributed by atoms with Crippen LogP contribution in [0.1, 0.15) is 0 Å². The molecule has 2 aromatic heterocycles. The van der Waals surface area contributed by atoms with E-state index in [1.807, 2.05) is 0 Å². The molecule has 0 radical (unpaired) electrons. The minimum atomic E-state index is -1.92. The minimum Gasteiger partial charge on any atom is -0.458 e. The first-order valence-electron chi connectivity index (χ1n) is 26.7. The molecule has 16 rings (SSSR count). The van der Waals surface area contributed by atoms with Crippen molar-refractivity contribution >= 4 is 76.7 Å². The summed E-state index contributed by atoms with van der Waals surface area (Å²) in [6.07, 6.45) is 0. The summed E-state index contributed by atoms with van der Waals surface area (Å²) in [5, 5.41) is 4.89. The van der Waals surface area contributed by atoms with Crippen LogP contribution in [-0.4, -0.2) is 15.8 Å². The average Bonchev–Trinajstić information content (AvgIpc) is 4.16. The van der Waals surface area contributed by atoms with Gasteiger partial charge >= 0.3 is 0 Å². The van der Waals surface area contributed by atoms with Crippen molar-refractivity contribution in [1.29, 1.82) is 0 Å². The number of benzene rings is 12. The zero-order chi connectivity index (χ0) is 51.3. The highest BCUT2D eigenvalue weighted by molar-refractivity contribution is 8.34. The Morgan fingerprint density at radius 2 is 0.628 bits per heavy atom. The Morgan fingerprint density at radius 3 is 1.03 bits per heavy atom. The summed E-state index contributed by atoms with van der Waals surface area (Å²) in [7, 11) is -1.92. The van der Waals surface area contributed by atoms with Crippen LogP contribution in [0.2, 0.25) is 0 Å². The molecule has 4 nitrogen and oxygen atoms in total. The van der Waals surface area contributed by atoms with E-state index >= 15 is 0 Å². The highest BCUT2D eigenvalue weighted by atomic mass is 32.3. The van der Waals surface area contributed by atoms with E-state index in [1.165, 1.54) is 41.1 Å². The van der Waals surface area contributed by atoms with Crippen LogP contribution in [0.5, 0.6) is 23.0 Å². The van der Waals surface area contributed by atoms with Crippen molar-refractivity contribution < 1.29 is 9.47 Å². The molecular formula is C72H47BN2O2S. The Labute approximate surface area is 454 Å². The maximum Gasteiger partial charge on any atom is 0.260 e. The standard InChI is InChI=1S/C72H47BN2O2S/c1-5-21-48(22-6-1)60-47-61(49-37-41-55(42-38-49)78(52-23-7-2-8-24-52,53-25-9-3-10-26-53)54-27-11-4-12-28-54)72-70-71(60)76-68-43-39-50(74-64-33-17-13-29-56(64)57-30-14-18-34-65(57)74)45-62(68)73(70)63-46-51(40-44-69(63)77-72)75-66-35-19-15-31-58(66)59-32-16-20-36-67(59)75/h1-47H. The Bertz CT molecular complexity index is 4340. The number of rotatable bonds is 8. The second kappa shape index (κ2) is 17.7. The maximum absolute atomic E-state index is 7.50. The van der Waals surface area contributed by atoms with Gasteiger partial charge in [0.2, 0.25) is 0 Å². The highest BCUT2D eigenvalue weighted by Crippen LogP contribution is 2.73. The third kappa shape index (κ3) is 6.63.